The van der Waals surface area contributed by atoms with Gasteiger partial charge in [0.25, 0.3) is 0 Å². The number of hydrogen-bond donors (Lipinski definition) is 1. The van der Waals surface area contributed by atoms with E-state index >= 15 is 0 Å². The summed E-state index contributed by atoms with van der Waals surface area (Å²) in [5, 5.41) is 7.64. The molecule has 0 aliphatic rings. The Kier molecular flexibility index (Phi) is 3.61. The summed E-state index contributed by atoms with van der Waals surface area (Å²) in [5.74, 6) is 0. The first-order valence-corrected chi connectivity index (χ1v) is 2.44. The van der Waals surface area contributed by atoms with Gasteiger partial charge in [0.1, 0.15) is 0 Å². The molecule has 5 heteroatoms. The van der Waals surface area contributed by atoms with Crippen molar-refractivity contribution in [2.24, 2.45) is 0 Å². The molecule has 0 saturated heterocycles. The lowest BCUT2D eigenvalue weighted by atomic mass is 10.3. The Morgan fingerprint density at radius 1 is 2.00 bits per heavy atom. The van der Waals surface area contributed by atoms with Crippen molar-refractivity contribution < 1.29 is 13.4 Å². The Morgan fingerprint density at radius 2 is 2.50 bits per heavy atom. The molecule has 1 N–H and O–H groups in total. The summed E-state index contributed by atoms with van der Waals surface area (Å²) in [5.41, 5.74) is 0. The minimum atomic E-state index is -2.14. The Bertz CT molecular complexity index is 34.7. The van der Waals surface area contributed by atoms with Crippen molar-refractivity contribution in [1.82, 2.24) is 0 Å². The Hall–Kier alpha value is 0.265. The molecule has 0 bridgehead atoms. The Balaban J connectivity index is 2.63. The maximum atomic E-state index is 11.0. The molecule has 0 aromatic heterocycles. The van der Waals surface area contributed by atoms with Crippen molar-refractivity contribution in [2.75, 3.05) is 6.26 Å². The van der Waals surface area contributed by atoms with Crippen LogP contribution in [0.1, 0.15) is 0 Å². The summed E-state index contributed by atoms with van der Waals surface area (Å²) in [4.78, 5) is 0. The van der Waals surface area contributed by atoms with Gasteiger partial charge in [0.15, 0.2) is 0 Å². The average molecular weight is 110 g/mol. The van der Waals surface area contributed by atoms with E-state index in [0.717, 1.165) is 12.0 Å². The zero-order valence-electron chi connectivity index (χ0n) is 3.22. The second-order valence-electron chi connectivity index (χ2n) is 0.555. The van der Waals surface area contributed by atoms with Crippen LogP contribution in [0.2, 0.25) is 0 Å². The van der Waals surface area contributed by atoms with E-state index in [4.69, 9.17) is 5.02 Å². The van der Waals surface area contributed by atoms with Gasteiger partial charge >= 0.3 is 7.40 Å². The van der Waals surface area contributed by atoms with Crippen LogP contribution in [0.3, 0.4) is 0 Å². The maximum absolute atomic E-state index is 11.0. The molecule has 2 nitrogen and oxygen atoms in total. The molecule has 0 saturated carbocycles. The maximum Gasteiger partial charge on any atom is 0.689 e. The fourth-order valence-corrected chi connectivity index (χ4v) is 0.238. The van der Waals surface area contributed by atoms with Gasteiger partial charge in [0.2, 0.25) is 0 Å². The van der Waals surface area contributed by atoms with Gasteiger partial charge in [-0.2, -0.15) is 0 Å². The van der Waals surface area contributed by atoms with Crippen LogP contribution in [0.25, 0.3) is 0 Å². The lowest BCUT2D eigenvalue weighted by molar-refractivity contribution is 0.378. The molecule has 0 aliphatic carbocycles. The van der Waals surface area contributed by atoms with E-state index in [1.54, 1.807) is 0 Å². The highest BCUT2D eigenvalue weighted by atomic mass is 32.2. The molecule has 0 aromatic carbocycles. The molecule has 0 spiro atoms. The summed E-state index contributed by atoms with van der Waals surface area (Å²) < 4.78 is 14.9. The van der Waals surface area contributed by atoms with E-state index in [-0.39, 0.29) is 0 Å². The molecule has 0 heterocycles. The normalized spacial score (nSPS) is 8.50. The van der Waals surface area contributed by atoms with E-state index in [0.29, 0.717) is 0 Å². The lowest BCUT2D eigenvalue weighted by Gasteiger charge is -1.87. The predicted molar refractivity (Wildman–Crippen MR) is 23.7 cm³/mol. The summed E-state index contributed by atoms with van der Waals surface area (Å²) in [7, 11) is -2.14. The molecule has 36 valence electrons. The van der Waals surface area contributed by atoms with Crippen LogP contribution in [0.5, 0.6) is 0 Å². The van der Waals surface area contributed by atoms with E-state index < -0.39 is 7.40 Å². The van der Waals surface area contributed by atoms with E-state index in [9.17, 15) is 4.32 Å². The number of halogens is 1. The molecule has 0 aromatic rings. The van der Waals surface area contributed by atoms with Gasteiger partial charge in [-0.05, 0) is 12.0 Å². The van der Waals surface area contributed by atoms with Gasteiger partial charge in [-0.15, -0.1) is 0 Å². The van der Waals surface area contributed by atoms with Gasteiger partial charge in [0.05, 0.1) is 0 Å². The zero-order valence-corrected chi connectivity index (χ0v) is 4.04. The summed E-state index contributed by atoms with van der Waals surface area (Å²) in [6, 6.07) is 0. The smallest absolute Gasteiger partial charge is 0.398 e. The minimum absolute atomic E-state index is 0.785. The molecule has 0 unspecified atom stereocenters. The second-order valence-corrected chi connectivity index (χ2v) is 1.08. The summed E-state index contributed by atoms with van der Waals surface area (Å²) >= 11 is 0.785. The zero-order chi connectivity index (χ0) is 4.99. The van der Waals surface area contributed by atoms with E-state index in [2.05, 4.69) is 4.10 Å². The third-order valence-corrected chi connectivity index (χ3v) is 0.527. The average Bonchev–Trinajstić information content (AvgIpc) is 1.35. The fraction of sp³-hybridized carbons (Fsp3) is 1.00. The van der Waals surface area contributed by atoms with Gasteiger partial charge < -0.3 is 9.12 Å². The number of hydrogen-bond acceptors (Lipinski definition) is 3. The van der Waals surface area contributed by atoms with Crippen molar-refractivity contribution in [3.05, 3.63) is 0 Å². The highest BCUT2D eigenvalue weighted by molar-refractivity contribution is 7.94. The fourth-order valence-electron chi connectivity index (χ4n) is 0.0794. The van der Waals surface area contributed by atoms with Crippen LogP contribution in [-0.4, -0.2) is 18.7 Å². The molecule has 6 heavy (non-hydrogen) atoms. The monoisotopic (exact) mass is 110 g/mol. The van der Waals surface area contributed by atoms with Crippen LogP contribution in [0.4, 0.5) is 4.32 Å². The minimum Gasteiger partial charge on any atom is -0.398 e. The van der Waals surface area contributed by atoms with E-state index in [1.807, 2.05) is 0 Å². The van der Waals surface area contributed by atoms with E-state index in [1.165, 1.54) is 6.26 Å². The first kappa shape index (κ1) is 6.26. The van der Waals surface area contributed by atoms with Gasteiger partial charge in [-0.1, -0.05) is 0 Å². The predicted octanol–water partition coefficient (Wildman–Crippen LogP) is 0.228. The third-order valence-electron chi connectivity index (χ3n) is 0.176. The van der Waals surface area contributed by atoms with Crippen molar-refractivity contribution >= 4 is 19.4 Å². The van der Waals surface area contributed by atoms with Crippen molar-refractivity contribution in [2.45, 2.75) is 0 Å². The van der Waals surface area contributed by atoms with Crippen molar-refractivity contribution in [1.29, 1.82) is 0 Å². The Morgan fingerprint density at radius 3 is 2.50 bits per heavy atom. The Labute approximate surface area is 40.1 Å². The summed E-state index contributed by atoms with van der Waals surface area (Å²) in [6.45, 7) is 0. The highest BCUT2D eigenvalue weighted by Gasteiger charge is 2.08. The number of rotatable bonds is 2. The molecule has 0 rings (SSSR count). The largest absolute Gasteiger partial charge is 0.689 e. The van der Waals surface area contributed by atoms with Crippen LogP contribution in [-0.2, 0) is 4.10 Å². The molecule has 0 amide bonds. The topological polar surface area (TPSA) is 29.5 Å². The molecular weight excluding hydrogens is 106 g/mol. The molecule has 0 fully saturated rings. The summed E-state index contributed by atoms with van der Waals surface area (Å²) in [6.07, 6.45) is 1.52. The first-order valence-electron chi connectivity index (χ1n) is 1.29. The molecular formula is CH4BFO2S. The molecule has 0 atom stereocenters. The van der Waals surface area contributed by atoms with Gasteiger partial charge in [-0.25, -0.2) is 0 Å². The van der Waals surface area contributed by atoms with Crippen molar-refractivity contribution in [3.8, 4) is 0 Å². The van der Waals surface area contributed by atoms with Crippen LogP contribution < -0.4 is 0 Å². The van der Waals surface area contributed by atoms with Gasteiger partial charge in [-0.3, -0.25) is 4.32 Å². The van der Waals surface area contributed by atoms with Crippen LogP contribution in [0.15, 0.2) is 0 Å². The second kappa shape index (κ2) is 3.45. The van der Waals surface area contributed by atoms with Gasteiger partial charge in [0, 0.05) is 6.26 Å². The van der Waals surface area contributed by atoms with Crippen molar-refractivity contribution in [3.63, 3.8) is 0 Å². The lowest BCUT2D eigenvalue weighted by Crippen LogP contribution is -2.03. The molecule has 0 aliphatic heterocycles. The quantitative estimate of drug-likeness (QED) is 0.407. The highest BCUT2D eigenvalue weighted by Crippen LogP contribution is 1.95. The standard InChI is InChI=1S/CH4BFO2S/c1-6-5-2(3)4/h4H,1H3. The van der Waals surface area contributed by atoms with Crippen LogP contribution >= 0.6 is 12.0 Å². The third kappa shape index (κ3) is 4.26. The first-order chi connectivity index (χ1) is 2.77. The van der Waals surface area contributed by atoms with Crippen LogP contribution in [0, 0.1) is 0 Å². The molecule has 0 radical (unpaired) electrons. The SMILES string of the molecule is CSOB(O)F.